The van der Waals surface area contributed by atoms with Gasteiger partial charge in [-0.25, -0.2) is 9.97 Å². The Morgan fingerprint density at radius 2 is 1.87 bits per heavy atom. The van der Waals surface area contributed by atoms with Gasteiger partial charge < -0.3 is 9.64 Å². The summed E-state index contributed by atoms with van der Waals surface area (Å²) >= 11 is 6.51. The molecular formula is C17H21ClN4O. The number of rotatable bonds is 3. The Morgan fingerprint density at radius 1 is 1.09 bits per heavy atom. The van der Waals surface area contributed by atoms with Gasteiger partial charge >= 0.3 is 0 Å². The van der Waals surface area contributed by atoms with Crippen molar-refractivity contribution in [3.63, 3.8) is 0 Å². The molecule has 2 aromatic rings. The fraction of sp³-hybridized carbons (Fsp3) is 0.529. The van der Waals surface area contributed by atoms with Gasteiger partial charge in [0, 0.05) is 31.2 Å². The molecule has 23 heavy (non-hydrogen) atoms. The van der Waals surface area contributed by atoms with Gasteiger partial charge in [0.05, 0.1) is 23.8 Å². The monoisotopic (exact) mass is 332 g/mol. The molecule has 1 aromatic carbocycles. The summed E-state index contributed by atoms with van der Waals surface area (Å²) in [5.41, 5.74) is 2.08. The fourth-order valence-corrected chi connectivity index (χ4v) is 3.65. The Bertz CT molecular complexity index is 696. The molecule has 0 radical (unpaired) electrons. The minimum Gasteiger partial charge on any atom is -0.378 e. The lowest BCUT2D eigenvalue weighted by atomic mass is 10.1. The van der Waals surface area contributed by atoms with Gasteiger partial charge in [0.15, 0.2) is 0 Å². The van der Waals surface area contributed by atoms with E-state index in [0.717, 1.165) is 49.7 Å². The highest BCUT2D eigenvalue weighted by Gasteiger charge is 2.16. The maximum Gasteiger partial charge on any atom is 0.226 e. The van der Waals surface area contributed by atoms with Crippen LogP contribution in [-0.2, 0) is 11.3 Å². The van der Waals surface area contributed by atoms with Crippen molar-refractivity contribution in [1.29, 1.82) is 0 Å². The van der Waals surface area contributed by atoms with Crippen molar-refractivity contribution < 1.29 is 4.74 Å². The Kier molecular flexibility index (Phi) is 4.33. The molecule has 0 N–H and O–H groups in total. The molecule has 6 heteroatoms. The molecule has 0 bridgehead atoms. The lowest BCUT2D eigenvalue weighted by Gasteiger charge is -2.26. The zero-order valence-electron chi connectivity index (χ0n) is 13.2. The third kappa shape index (κ3) is 3.27. The van der Waals surface area contributed by atoms with Crippen LogP contribution in [-0.4, -0.2) is 54.3 Å². The number of aromatic nitrogens is 2. The van der Waals surface area contributed by atoms with Crippen molar-refractivity contribution in [1.82, 2.24) is 14.9 Å². The first-order chi connectivity index (χ1) is 11.3. The van der Waals surface area contributed by atoms with Crippen LogP contribution in [0, 0.1) is 0 Å². The van der Waals surface area contributed by atoms with Crippen LogP contribution >= 0.6 is 11.6 Å². The van der Waals surface area contributed by atoms with Crippen LogP contribution in [0.15, 0.2) is 18.3 Å². The molecule has 0 unspecified atom stereocenters. The number of likely N-dealkylation sites (tertiary alicyclic amines) is 1. The van der Waals surface area contributed by atoms with Gasteiger partial charge in [-0.3, -0.25) is 4.90 Å². The molecular weight excluding hydrogens is 312 g/mol. The summed E-state index contributed by atoms with van der Waals surface area (Å²) in [5.74, 6) is 0.745. The van der Waals surface area contributed by atoms with E-state index in [9.17, 15) is 0 Å². The first-order valence-corrected chi connectivity index (χ1v) is 8.67. The number of anilines is 1. The third-order valence-corrected chi connectivity index (χ3v) is 4.87. The minimum atomic E-state index is 0.716. The van der Waals surface area contributed by atoms with E-state index in [2.05, 4.69) is 31.9 Å². The van der Waals surface area contributed by atoms with Crippen molar-refractivity contribution in [2.45, 2.75) is 19.4 Å². The normalized spacial score (nSPS) is 19.6. The van der Waals surface area contributed by atoms with E-state index in [0.29, 0.717) is 5.02 Å². The van der Waals surface area contributed by atoms with Crippen molar-refractivity contribution in [3.8, 4) is 0 Å². The average molecular weight is 333 g/mol. The molecule has 0 atom stereocenters. The van der Waals surface area contributed by atoms with E-state index in [4.69, 9.17) is 16.3 Å². The van der Waals surface area contributed by atoms with Crippen LogP contribution in [0.4, 0.5) is 5.95 Å². The number of fused-ring (bicyclic) bond motifs is 1. The molecule has 122 valence electrons. The van der Waals surface area contributed by atoms with Gasteiger partial charge in [0.25, 0.3) is 0 Å². The molecule has 0 aliphatic carbocycles. The summed E-state index contributed by atoms with van der Waals surface area (Å²) in [5, 5.41) is 1.73. The average Bonchev–Trinajstić information content (AvgIpc) is 3.08. The van der Waals surface area contributed by atoms with Crippen molar-refractivity contribution in [2.24, 2.45) is 0 Å². The maximum absolute atomic E-state index is 6.51. The molecule has 4 rings (SSSR count). The highest BCUT2D eigenvalue weighted by atomic mass is 35.5. The SMILES string of the molecule is Clc1cc(CN2CCCC2)cc2cnc(N3CCOCC3)nc12. The number of hydrogen-bond acceptors (Lipinski definition) is 5. The zero-order chi connectivity index (χ0) is 15.6. The van der Waals surface area contributed by atoms with Gasteiger partial charge in [-0.05, 0) is 43.6 Å². The molecule has 0 saturated carbocycles. The topological polar surface area (TPSA) is 41.5 Å². The van der Waals surface area contributed by atoms with Gasteiger partial charge in [0.1, 0.15) is 0 Å². The smallest absolute Gasteiger partial charge is 0.226 e. The molecule has 0 spiro atoms. The van der Waals surface area contributed by atoms with E-state index in [-0.39, 0.29) is 0 Å². The number of morpholine rings is 1. The van der Waals surface area contributed by atoms with Crippen LogP contribution in [0.3, 0.4) is 0 Å². The molecule has 2 aliphatic rings. The first-order valence-electron chi connectivity index (χ1n) is 8.30. The highest BCUT2D eigenvalue weighted by Crippen LogP contribution is 2.26. The standard InChI is InChI=1S/C17H21ClN4O/c18-15-10-13(12-21-3-1-2-4-21)9-14-11-19-17(20-16(14)15)22-5-7-23-8-6-22/h9-11H,1-8,12H2. The second kappa shape index (κ2) is 6.59. The van der Waals surface area contributed by atoms with Crippen molar-refractivity contribution in [3.05, 3.63) is 28.9 Å². The largest absolute Gasteiger partial charge is 0.378 e. The van der Waals surface area contributed by atoms with Gasteiger partial charge in [-0.15, -0.1) is 0 Å². The molecule has 2 fully saturated rings. The molecule has 0 amide bonds. The van der Waals surface area contributed by atoms with Gasteiger partial charge in [0.2, 0.25) is 5.95 Å². The number of ether oxygens (including phenoxy) is 1. The summed E-state index contributed by atoms with van der Waals surface area (Å²) in [4.78, 5) is 13.8. The Balaban J connectivity index is 1.62. The summed E-state index contributed by atoms with van der Waals surface area (Å²) in [6.45, 7) is 6.44. The van der Waals surface area contributed by atoms with Gasteiger partial charge in [-0.1, -0.05) is 11.6 Å². The van der Waals surface area contributed by atoms with E-state index in [1.54, 1.807) is 0 Å². The van der Waals surface area contributed by atoms with E-state index in [1.807, 2.05) is 6.20 Å². The highest BCUT2D eigenvalue weighted by molar-refractivity contribution is 6.35. The van der Waals surface area contributed by atoms with E-state index in [1.165, 1.54) is 31.5 Å². The first kappa shape index (κ1) is 15.1. The second-order valence-corrected chi connectivity index (χ2v) is 6.68. The van der Waals surface area contributed by atoms with E-state index < -0.39 is 0 Å². The Hall–Kier alpha value is -1.43. The fourth-order valence-electron chi connectivity index (χ4n) is 3.36. The zero-order valence-corrected chi connectivity index (χ0v) is 13.9. The van der Waals surface area contributed by atoms with Crippen LogP contribution in [0.1, 0.15) is 18.4 Å². The number of hydrogen-bond donors (Lipinski definition) is 0. The summed E-state index contributed by atoms with van der Waals surface area (Å²) in [6.07, 6.45) is 4.49. The third-order valence-electron chi connectivity index (χ3n) is 4.58. The summed E-state index contributed by atoms with van der Waals surface area (Å²) in [6, 6.07) is 4.22. The minimum absolute atomic E-state index is 0.716. The van der Waals surface area contributed by atoms with Gasteiger partial charge in [-0.2, -0.15) is 0 Å². The Morgan fingerprint density at radius 3 is 2.65 bits per heavy atom. The maximum atomic E-state index is 6.51. The molecule has 2 saturated heterocycles. The van der Waals surface area contributed by atoms with Crippen molar-refractivity contribution >= 4 is 28.5 Å². The second-order valence-electron chi connectivity index (χ2n) is 6.27. The Labute approximate surface area is 141 Å². The molecule has 3 heterocycles. The lowest BCUT2D eigenvalue weighted by Crippen LogP contribution is -2.37. The molecule has 2 aliphatic heterocycles. The summed E-state index contributed by atoms with van der Waals surface area (Å²) < 4.78 is 5.38. The lowest BCUT2D eigenvalue weighted by molar-refractivity contribution is 0.122. The summed E-state index contributed by atoms with van der Waals surface area (Å²) in [7, 11) is 0. The quantitative estimate of drug-likeness (QED) is 0.864. The van der Waals surface area contributed by atoms with Crippen LogP contribution in [0.25, 0.3) is 10.9 Å². The van der Waals surface area contributed by atoms with Crippen LogP contribution in [0.2, 0.25) is 5.02 Å². The molecule has 5 nitrogen and oxygen atoms in total. The van der Waals surface area contributed by atoms with Crippen LogP contribution < -0.4 is 4.90 Å². The molecule has 1 aromatic heterocycles. The van der Waals surface area contributed by atoms with Crippen molar-refractivity contribution in [2.75, 3.05) is 44.3 Å². The number of halogens is 1. The number of nitrogens with zero attached hydrogens (tertiary/aromatic N) is 4. The van der Waals surface area contributed by atoms with Crippen LogP contribution in [0.5, 0.6) is 0 Å². The predicted octanol–water partition coefficient (Wildman–Crippen LogP) is 2.72. The van der Waals surface area contributed by atoms with E-state index >= 15 is 0 Å². The predicted molar refractivity (Wildman–Crippen MR) is 92.1 cm³/mol. The number of benzene rings is 1.